The minimum Gasteiger partial charge on any atom is -0.308 e. The van der Waals surface area contributed by atoms with Gasteiger partial charge in [0, 0.05) is 29.5 Å². The van der Waals surface area contributed by atoms with Gasteiger partial charge < -0.3 is 5.32 Å². The topological polar surface area (TPSA) is 29.9 Å². The van der Waals surface area contributed by atoms with Crippen molar-refractivity contribution in [3.05, 3.63) is 52.5 Å². The Morgan fingerprint density at radius 1 is 1.50 bits per heavy atom. The van der Waals surface area contributed by atoms with Crippen molar-refractivity contribution in [1.29, 1.82) is 0 Å². The number of nitrogens with zero attached hydrogens (tertiary/aromatic N) is 2. The fourth-order valence-electron chi connectivity index (χ4n) is 1.70. The minimum atomic E-state index is -0.227. The maximum atomic E-state index is 12.9. The molecular weight excluding hydrogens is 297 g/mol. The van der Waals surface area contributed by atoms with Crippen LogP contribution in [0, 0.1) is 5.82 Å². The lowest BCUT2D eigenvalue weighted by atomic mass is 10.2. The number of hydrogen-bond donors (Lipinski definition) is 1. The van der Waals surface area contributed by atoms with E-state index in [9.17, 15) is 4.39 Å². The first-order valence-corrected chi connectivity index (χ1v) is 6.59. The van der Waals surface area contributed by atoms with Crippen molar-refractivity contribution in [3.63, 3.8) is 0 Å². The summed E-state index contributed by atoms with van der Waals surface area (Å²) in [6.07, 6.45) is 3.70. The molecule has 1 aromatic heterocycles. The Kier molecular flexibility index (Phi) is 4.49. The van der Waals surface area contributed by atoms with Gasteiger partial charge in [-0.3, -0.25) is 4.68 Å². The SMILES string of the molecule is CC(Cn1cccn1)NCc1ccc(F)cc1Br. The van der Waals surface area contributed by atoms with Gasteiger partial charge in [0.05, 0.1) is 6.54 Å². The van der Waals surface area contributed by atoms with E-state index < -0.39 is 0 Å². The average Bonchev–Trinajstić information content (AvgIpc) is 2.80. The molecule has 5 heteroatoms. The smallest absolute Gasteiger partial charge is 0.124 e. The van der Waals surface area contributed by atoms with Gasteiger partial charge in [-0.05, 0) is 30.7 Å². The van der Waals surface area contributed by atoms with Gasteiger partial charge in [-0.25, -0.2) is 4.39 Å². The van der Waals surface area contributed by atoms with Gasteiger partial charge in [0.1, 0.15) is 5.82 Å². The minimum absolute atomic E-state index is 0.227. The number of nitrogens with one attached hydrogen (secondary N) is 1. The third kappa shape index (κ3) is 3.65. The van der Waals surface area contributed by atoms with Crippen LogP contribution in [0.4, 0.5) is 4.39 Å². The predicted molar refractivity (Wildman–Crippen MR) is 72.6 cm³/mol. The zero-order chi connectivity index (χ0) is 13.0. The van der Waals surface area contributed by atoms with Crippen LogP contribution in [-0.2, 0) is 13.1 Å². The number of aromatic nitrogens is 2. The van der Waals surface area contributed by atoms with Crippen molar-refractivity contribution in [2.75, 3.05) is 0 Å². The highest BCUT2D eigenvalue weighted by Crippen LogP contribution is 2.17. The Hall–Kier alpha value is -1.20. The Morgan fingerprint density at radius 3 is 3.00 bits per heavy atom. The second kappa shape index (κ2) is 6.11. The fourth-order valence-corrected chi connectivity index (χ4v) is 2.19. The van der Waals surface area contributed by atoms with E-state index in [1.165, 1.54) is 12.1 Å². The van der Waals surface area contributed by atoms with Crippen LogP contribution in [0.3, 0.4) is 0 Å². The molecule has 2 rings (SSSR count). The van der Waals surface area contributed by atoms with Gasteiger partial charge in [-0.15, -0.1) is 0 Å². The molecule has 1 unspecified atom stereocenters. The van der Waals surface area contributed by atoms with Crippen molar-refractivity contribution in [1.82, 2.24) is 15.1 Å². The van der Waals surface area contributed by atoms with E-state index in [4.69, 9.17) is 0 Å². The number of halogens is 2. The summed E-state index contributed by atoms with van der Waals surface area (Å²) in [4.78, 5) is 0. The predicted octanol–water partition coefficient (Wildman–Crippen LogP) is 2.96. The van der Waals surface area contributed by atoms with Gasteiger partial charge in [0.15, 0.2) is 0 Å². The van der Waals surface area contributed by atoms with E-state index in [1.807, 2.05) is 16.9 Å². The Labute approximate surface area is 114 Å². The van der Waals surface area contributed by atoms with Crippen molar-refractivity contribution in [2.45, 2.75) is 26.1 Å². The Balaban J connectivity index is 1.87. The summed E-state index contributed by atoms with van der Waals surface area (Å²) in [6.45, 7) is 3.61. The normalized spacial score (nSPS) is 12.6. The van der Waals surface area contributed by atoms with E-state index >= 15 is 0 Å². The van der Waals surface area contributed by atoms with Crippen molar-refractivity contribution >= 4 is 15.9 Å². The molecule has 0 saturated carbocycles. The standard InChI is InChI=1S/C13H15BrFN3/c1-10(9-18-6-2-5-17-18)16-8-11-3-4-12(15)7-13(11)14/h2-7,10,16H,8-9H2,1H3. The third-order valence-electron chi connectivity index (χ3n) is 2.68. The van der Waals surface area contributed by atoms with Crippen LogP contribution in [0.5, 0.6) is 0 Å². The highest BCUT2D eigenvalue weighted by atomic mass is 79.9. The van der Waals surface area contributed by atoms with E-state index in [0.717, 1.165) is 16.6 Å². The highest BCUT2D eigenvalue weighted by Gasteiger charge is 2.05. The molecule has 0 aliphatic rings. The quantitative estimate of drug-likeness (QED) is 0.920. The fraction of sp³-hybridized carbons (Fsp3) is 0.308. The third-order valence-corrected chi connectivity index (χ3v) is 3.41. The summed E-state index contributed by atoms with van der Waals surface area (Å²) < 4.78 is 15.6. The summed E-state index contributed by atoms with van der Waals surface area (Å²) in [6, 6.07) is 6.94. The lowest BCUT2D eigenvalue weighted by Crippen LogP contribution is -2.30. The van der Waals surface area contributed by atoms with Crippen LogP contribution in [0.25, 0.3) is 0 Å². The largest absolute Gasteiger partial charge is 0.308 e. The lowest BCUT2D eigenvalue weighted by Gasteiger charge is -2.14. The zero-order valence-corrected chi connectivity index (χ0v) is 11.7. The monoisotopic (exact) mass is 311 g/mol. The molecule has 1 N–H and O–H groups in total. The molecule has 18 heavy (non-hydrogen) atoms. The van der Waals surface area contributed by atoms with Gasteiger partial charge >= 0.3 is 0 Å². The average molecular weight is 312 g/mol. The zero-order valence-electron chi connectivity index (χ0n) is 10.1. The molecule has 2 aromatic rings. The second-order valence-electron chi connectivity index (χ2n) is 4.25. The number of hydrogen-bond acceptors (Lipinski definition) is 2. The molecular formula is C13H15BrFN3. The molecule has 96 valence electrons. The molecule has 1 heterocycles. The van der Waals surface area contributed by atoms with Gasteiger partial charge in [0.25, 0.3) is 0 Å². The summed E-state index contributed by atoms with van der Waals surface area (Å²) in [5.74, 6) is -0.227. The molecule has 0 radical (unpaired) electrons. The van der Waals surface area contributed by atoms with E-state index in [-0.39, 0.29) is 5.82 Å². The lowest BCUT2D eigenvalue weighted by molar-refractivity contribution is 0.450. The Bertz CT molecular complexity index is 499. The van der Waals surface area contributed by atoms with Crippen molar-refractivity contribution in [3.8, 4) is 0 Å². The molecule has 0 fully saturated rings. The summed E-state index contributed by atoms with van der Waals surface area (Å²) in [5.41, 5.74) is 1.05. The highest BCUT2D eigenvalue weighted by molar-refractivity contribution is 9.10. The second-order valence-corrected chi connectivity index (χ2v) is 5.10. The van der Waals surface area contributed by atoms with Gasteiger partial charge in [-0.2, -0.15) is 5.10 Å². The van der Waals surface area contributed by atoms with Crippen LogP contribution in [-0.4, -0.2) is 15.8 Å². The van der Waals surface area contributed by atoms with Gasteiger partial charge in [-0.1, -0.05) is 22.0 Å². The molecule has 0 saturated heterocycles. The van der Waals surface area contributed by atoms with Crippen LogP contribution in [0.15, 0.2) is 41.1 Å². The Morgan fingerprint density at radius 2 is 2.33 bits per heavy atom. The molecule has 0 aliphatic heterocycles. The number of rotatable bonds is 5. The first-order chi connectivity index (χ1) is 8.65. The first-order valence-electron chi connectivity index (χ1n) is 5.80. The molecule has 0 amide bonds. The van der Waals surface area contributed by atoms with Crippen molar-refractivity contribution < 1.29 is 4.39 Å². The maximum Gasteiger partial charge on any atom is 0.124 e. The van der Waals surface area contributed by atoms with Crippen LogP contribution in [0.2, 0.25) is 0 Å². The summed E-state index contributed by atoms with van der Waals surface area (Å²) in [7, 11) is 0. The summed E-state index contributed by atoms with van der Waals surface area (Å²) >= 11 is 3.36. The van der Waals surface area contributed by atoms with Crippen molar-refractivity contribution in [2.24, 2.45) is 0 Å². The summed E-state index contributed by atoms with van der Waals surface area (Å²) in [5, 5.41) is 7.54. The van der Waals surface area contributed by atoms with Crippen LogP contribution in [0.1, 0.15) is 12.5 Å². The molecule has 0 spiro atoms. The molecule has 0 aliphatic carbocycles. The van der Waals surface area contributed by atoms with E-state index in [1.54, 1.807) is 12.3 Å². The molecule has 3 nitrogen and oxygen atoms in total. The molecule has 1 aromatic carbocycles. The van der Waals surface area contributed by atoms with Crippen LogP contribution < -0.4 is 5.32 Å². The molecule has 0 bridgehead atoms. The number of benzene rings is 1. The first kappa shape index (κ1) is 13.2. The maximum absolute atomic E-state index is 12.9. The van der Waals surface area contributed by atoms with Crippen LogP contribution >= 0.6 is 15.9 Å². The van der Waals surface area contributed by atoms with Gasteiger partial charge in [0.2, 0.25) is 0 Å². The van der Waals surface area contributed by atoms with E-state index in [2.05, 4.69) is 33.3 Å². The molecule has 1 atom stereocenters. The van der Waals surface area contributed by atoms with E-state index in [0.29, 0.717) is 12.6 Å².